The first-order chi connectivity index (χ1) is 33.8. The van der Waals surface area contributed by atoms with Crippen molar-refractivity contribution in [1.82, 2.24) is 51.4 Å². The molecule has 4 aliphatic rings. The van der Waals surface area contributed by atoms with E-state index < -0.39 is 47.5 Å². The molecule has 4 amide bonds. The zero-order valence-corrected chi connectivity index (χ0v) is 39.7. The fourth-order valence-corrected chi connectivity index (χ4v) is 10.1. The Morgan fingerprint density at radius 3 is 1.33 bits per heavy atom. The van der Waals surface area contributed by atoms with Crippen LogP contribution < -0.4 is 42.1 Å². The Kier molecular flexibility index (Phi) is 17.8. The maximum absolute atomic E-state index is 15.4. The van der Waals surface area contributed by atoms with E-state index in [0.29, 0.717) is 62.5 Å². The molecule has 20 nitrogen and oxygen atoms in total. The second-order valence-electron chi connectivity index (χ2n) is 18.7. The summed E-state index contributed by atoms with van der Waals surface area (Å²) in [5.41, 5.74) is 12.6. The predicted octanol–water partition coefficient (Wildman–Crippen LogP) is 6.44. The van der Waals surface area contributed by atoms with E-state index in [1.165, 1.54) is 0 Å². The smallest absolute Gasteiger partial charge is 0.404 e. The highest BCUT2D eigenvalue weighted by Crippen LogP contribution is 2.35. The van der Waals surface area contributed by atoms with Gasteiger partial charge in [0.2, 0.25) is 23.4 Å². The minimum Gasteiger partial charge on any atom is -0.465 e. The molecule has 0 bridgehead atoms. The van der Waals surface area contributed by atoms with E-state index in [1.54, 1.807) is 38.6 Å². The summed E-state index contributed by atoms with van der Waals surface area (Å²) < 4.78 is 30.8. The van der Waals surface area contributed by atoms with Crippen LogP contribution in [0.5, 0.6) is 0 Å². The van der Waals surface area contributed by atoms with E-state index in [1.807, 2.05) is 34.1 Å². The fraction of sp³-hybridized carbons (Fsp3) is 0.542. The third-order valence-electron chi connectivity index (χ3n) is 13.8. The molecule has 8 rings (SSSR count). The summed E-state index contributed by atoms with van der Waals surface area (Å²) in [6, 6.07) is 7.89. The van der Waals surface area contributed by atoms with Crippen LogP contribution in [0.3, 0.4) is 0 Å². The van der Waals surface area contributed by atoms with Gasteiger partial charge in [-0.1, -0.05) is 51.4 Å². The molecule has 22 heteroatoms. The number of hydrazine groups is 2. The van der Waals surface area contributed by atoms with E-state index in [0.717, 1.165) is 75.3 Å². The van der Waals surface area contributed by atoms with Gasteiger partial charge in [-0.3, -0.25) is 41.3 Å². The number of nitrogens with zero attached hydrogens (tertiary/aromatic N) is 8. The van der Waals surface area contributed by atoms with Gasteiger partial charge in [0.25, 0.3) is 0 Å². The van der Waals surface area contributed by atoms with Crippen molar-refractivity contribution in [3.8, 4) is 0 Å². The lowest BCUT2D eigenvalue weighted by Crippen LogP contribution is -2.42. The fourth-order valence-electron chi connectivity index (χ4n) is 10.1. The summed E-state index contributed by atoms with van der Waals surface area (Å²) >= 11 is 0. The van der Waals surface area contributed by atoms with Crippen LogP contribution in [0.15, 0.2) is 49.1 Å². The lowest BCUT2D eigenvalue weighted by atomic mass is 9.92. The van der Waals surface area contributed by atoms with Gasteiger partial charge in [0.1, 0.15) is 11.6 Å². The number of carboxylic acid groups (broad SMARTS) is 2. The number of pyridine rings is 2. The van der Waals surface area contributed by atoms with Crippen molar-refractivity contribution >= 4 is 47.3 Å². The highest BCUT2D eigenvalue weighted by Gasteiger charge is 2.32. The lowest BCUT2D eigenvalue weighted by Gasteiger charge is -2.22. The van der Waals surface area contributed by atoms with Crippen molar-refractivity contribution in [2.24, 2.45) is 23.7 Å². The normalized spacial score (nSPS) is 18.9. The van der Waals surface area contributed by atoms with Crippen molar-refractivity contribution in [2.75, 3.05) is 59.9 Å². The second kappa shape index (κ2) is 24.5. The molecule has 4 atom stereocenters. The number of aryl methyl sites for hydroxylation is 2. The Morgan fingerprint density at radius 2 is 0.971 bits per heavy atom. The molecule has 0 aromatic carbocycles. The quantitative estimate of drug-likeness (QED) is 0.0499. The van der Waals surface area contributed by atoms with Crippen LogP contribution in [-0.2, 0) is 9.59 Å². The minimum atomic E-state index is -1.18. The van der Waals surface area contributed by atoms with Crippen LogP contribution in [-0.4, -0.2) is 103 Å². The van der Waals surface area contributed by atoms with Gasteiger partial charge in [-0.05, 0) is 86.8 Å². The Bertz CT molecular complexity index is 2230. The first kappa shape index (κ1) is 50.9. The van der Waals surface area contributed by atoms with Crippen molar-refractivity contribution in [1.29, 1.82) is 0 Å². The lowest BCUT2D eigenvalue weighted by molar-refractivity contribution is -0.125. The maximum Gasteiger partial charge on any atom is 0.404 e. The zero-order chi connectivity index (χ0) is 49.6. The highest BCUT2D eigenvalue weighted by molar-refractivity contribution is 5.81. The monoisotopic (exact) mass is 971 g/mol. The number of hydrogen-bond donors (Lipinski definition) is 8. The predicted molar refractivity (Wildman–Crippen MR) is 257 cm³/mol. The largest absolute Gasteiger partial charge is 0.465 e. The first-order valence-corrected chi connectivity index (χ1v) is 24.2. The van der Waals surface area contributed by atoms with Crippen LogP contribution in [0.25, 0.3) is 0 Å². The molecule has 4 aromatic rings. The minimum absolute atomic E-state index is 0.0000522. The molecule has 376 valence electrons. The topological polar surface area (TPSA) is 265 Å². The second-order valence-corrected chi connectivity index (χ2v) is 18.7. The molecule has 4 aromatic heterocycles. The van der Waals surface area contributed by atoms with Crippen molar-refractivity contribution in [3.63, 3.8) is 0 Å². The number of anilines is 4. The molecule has 2 saturated heterocycles. The molecule has 2 saturated carbocycles. The van der Waals surface area contributed by atoms with E-state index in [4.69, 9.17) is 10.2 Å². The van der Waals surface area contributed by atoms with Crippen molar-refractivity contribution < 1.29 is 38.2 Å². The van der Waals surface area contributed by atoms with Gasteiger partial charge >= 0.3 is 12.2 Å². The molecule has 6 heterocycles. The third kappa shape index (κ3) is 14.1. The molecule has 2 aliphatic carbocycles. The molecule has 0 radical (unpaired) electrons. The van der Waals surface area contributed by atoms with Crippen LogP contribution in [0.1, 0.15) is 112 Å². The standard InChI is InChI=1S/2C24H32FN7O3/c2*1-15-28-21(30-31-23(33)19(13-27-24(34)35)12-16-4-2-3-5-16)20(25)22(29-15)32-11-8-18(14-32)17-6-9-26-10-7-17/h2*6-7,9-10,16,18-19,27H,2-5,8,11-14H2,1H3,(H,31,33)(H,34,35)(H,28,29,30)/t2*18?,19-/m11/s1. The van der Waals surface area contributed by atoms with E-state index >= 15 is 8.78 Å². The van der Waals surface area contributed by atoms with Crippen molar-refractivity contribution in [3.05, 3.63) is 83.5 Å². The molecule has 70 heavy (non-hydrogen) atoms. The molecule has 4 fully saturated rings. The van der Waals surface area contributed by atoms with Gasteiger partial charge in [0.05, 0.1) is 11.8 Å². The summed E-state index contributed by atoms with van der Waals surface area (Å²) in [4.78, 5) is 76.5. The summed E-state index contributed by atoms with van der Waals surface area (Å²) in [7, 11) is 0. The van der Waals surface area contributed by atoms with Gasteiger partial charge in [-0.25, -0.2) is 29.5 Å². The molecular weight excluding hydrogens is 907 g/mol. The Morgan fingerprint density at radius 1 is 0.600 bits per heavy atom. The summed E-state index contributed by atoms with van der Waals surface area (Å²) in [5.74, 6) is -1.01. The van der Waals surface area contributed by atoms with Crippen LogP contribution in [0, 0.1) is 49.2 Å². The summed E-state index contributed by atoms with van der Waals surface area (Å²) in [6.07, 6.45) is 16.2. The third-order valence-corrected chi connectivity index (χ3v) is 13.8. The van der Waals surface area contributed by atoms with Crippen LogP contribution >= 0.6 is 0 Å². The molecule has 0 spiro atoms. The van der Waals surface area contributed by atoms with Crippen LogP contribution in [0.2, 0.25) is 0 Å². The van der Waals surface area contributed by atoms with Gasteiger partial charge in [0, 0.05) is 75.9 Å². The molecule has 8 N–H and O–H groups in total. The van der Waals surface area contributed by atoms with E-state index in [9.17, 15) is 19.2 Å². The number of aromatic nitrogens is 6. The first-order valence-electron chi connectivity index (χ1n) is 24.2. The Hall–Kier alpha value is -7.00. The number of carbonyl (C=O) groups excluding carboxylic acids is 2. The van der Waals surface area contributed by atoms with Crippen molar-refractivity contribution in [2.45, 2.75) is 103 Å². The number of halogens is 2. The average molecular weight is 971 g/mol. The zero-order valence-electron chi connectivity index (χ0n) is 39.7. The van der Waals surface area contributed by atoms with Gasteiger partial charge in [-0.15, -0.1) is 0 Å². The van der Waals surface area contributed by atoms with E-state index in [-0.39, 0.29) is 48.2 Å². The molecule has 2 unspecified atom stereocenters. The number of hydrogen-bond acceptors (Lipinski definition) is 14. The Labute approximate surface area is 405 Å². The number of nitrogens with one attached hydrogen (secondary N) is 6. The Balaban J connectivity index is 0.000000206. The maximum atomic E-state index is 15.4. The number of amides is 4. The molecular formula is C48H64F2N14O6. The average Bonchev–Trinajstić information content (AvgIpc) is 4.22. The number of carbonyl (C=O) groups is 4. The molecule has 2 aliphatic heterocycles. The van der Waals surface area contributed by atoms with Gasteiger partial charge in [-0.2, -0.15) is 8.78 Å². The van der Waals surface area contributed by atoms with Gasteiger partial charge in [0.15, 0.2) is 23.3 Å². The summed E-state index contributed by atoms with van der Waals surface area (Å²) in [5, 5.41) is 22.5. The van der Waals surface area contributed by atoms with E-state index in [2.05, 4.69) is 62.2 Å². The SMILES string of the molecule is Cc1nc(NNC(=O)[C@@H](CNC(=O)O)CC2CCCC2)c(F)c(N2CCC(c3ccncc3)C2)n1.Cc1nc(NNC(=O)[C@@H](CNC(=O)O)CC2CCCC2)c(F)c(N2CCC(c3ccncc3)C2)n1. The van der Waals surface area contributed by atoms with Crippen LogP contribution in [0.4, 0.5) is 41.6 Å². The summed E-state index contributed by atoms with van der Waals surface area (Å²) in [6.45, 7) is 5.88. The number of rotatable bonds is 18. The van der Waals surface area contributed by atoms with Gasteiger partial charge < -0.3 is 30.6 Å². The highest BCUT2D eigenvalue weighted by atomic mass is 19.1.